The maximum atomic E-state index is 12.6. The third-order valence-corrected chi connectivity index (χ3v) is 6.56. The maximum absolute atomic E-state index is 12.6. The molecule has 0 saturated heterocycles. The first-order valence-corrected chi connectivity index (χ1v) is 11.5. The number of carbonyl (C=O) groups excluding carboxylic acids is 4. The van der Waals surface area contributed by atoms with Crippen molar-refractivity contribution in [2.45, 2.75) is 90.9 Å². The van der Waals surface area contributed by atoms with E-state index in [0.717, 1.165) is 25.7 Å². The van der Waals surface area contributed by atoms with Gasteiger partial charge in [-0.3, -0.25) is 19.2 Å². The molecule has 168 valence electrons. The third kappa shape index (κ3) is 5.38. The van der Waals surface area contributed by atoms with Crippen LogP contribution in [0.25, 0.3) is 0 Å². The van der Waals surface area contributed by atoms with E-state index >= 15 is 0 Å². The summed E-state index contributed by atoms with van der Waals surface area (Å²) in [6, 6.07) is 0. The Hall–Kier alpha value is -1.98. The molecule has 6 nitrogen and oxygen atoms in total. The molecule has 2 unspecified atom stereocenters. The second-order valence-corrected chi connectivity index (χ2v) is 8.41. The van der Waals surface area contributed by atoms with Gasteiger partial charge in [0.1, 0.15) is 22.4 Å². The zero-order valence-corrected chi connectivity index (χ0v) is 18.5. The molecule has 6 heteroatoms. The molecule has 0 heterocycles. The molecule has 30 heavy (non-hydrogen) atoms. The van der Waals surface area contributed by atoms with Crippen LogP contribution in [0, 0.1) is 10.8 Å². The summed E-state index contributed by atoms with van der Waals surface area (Å²) in [6.45, 7) is 4.05. The van der Waals surface area contributed by atoms with Gasteiger partial charge in [0.05, 0.1) is 13.2 Å². The maximum Gasteiger partial charge on any atom is 0.319 e. The van der Waals surface area contributed by atoms with Crippen molar-refractivity contribution in [1.29, 1.82) is 0 Å². The Morgan fingerprint density at radius 2 is 1.17 bits per heavy atom. The molecule has 0 aromatic carbocycles. The highest BCUT2D eigenvalue weighted by Crippen LogP contribution is 2.40. The number of hydrogen-bond acceptors (Lipinski definition) is 6. The normalized spacial score (nSPS) is 27.3. The summed E-state index contributed by atoms with van der Waals surface area (Å²) in [5, 5.41) is 0. The molecule has 0 aliphatic heterocycles. The van der Waals surface area contributed by atoms with Crippen LogP contribution in [0.15, 0.2) is 12.2 Å². The Morgan fingerprint density at radius 3 is 1.50 bits per heavy atom. The van der Waals surface area contributed by atoms with E-state index in [-0.39, 0.29) is 24.8 Å². The van der Waals surface area contributed by atoms with Gasteiger partial charge in [-0.15, -0.1) is 0 Å². The van der Waals surface area contributed by atoms with Gasteiger partial charge in [0.15, 0.2) is 0 Å². The summed E-state index contributed by atoms with van der Waals surface area (Å²) in [5.41, 5.74) is -2.02. The molecule has 2 aliphatic carbocycles. The summed E-state index contributed by atoms with van der Waals surface area (Å²) in [7, 11) is 0. The zero-order chi connectivity index (χ0) is 22.0. The lowest BCUT2D eigenvalue weighted by atomic mass is 9.69. The fourth-order valence-corrected chi connectivity index (χ4v) is 4.78. The van der Waals surface area contributed by atoms with Gasteiger partial charge in [0.25, 0.3) is 0 Å². The van der Waals surface area contributed by atoms with Crippen LogP contribution in [0.1, 0.15) is 90.9 Å². The van der Waals surface area contributed by atoms with Crippen molar-refractivity contribution >= 4 is 23.5 Å². The molecule has 2 atom stereocenters. The van der Waals surface area contributed by atoms with Crippen molar-refractivity contribution in [1.82, 2.24) is 0 Å². The van der Waals surface area contributed by atoms with Gasteiger partial charge in [0, 0.05) is 12.8 Å². The number of carbonyl (C=O) groups is 4. The molecular weight excluding hydrogens is 384 g/mol. The lowest BCUT2D eigenvalue weighted by Gasteiger charge is -2.33. The van der Waals surface area contributed by atoms with E-state index in [1.165, 1.54) is 0 Å². The average Bonchev–Trinajstić information content (AvgIpc) is 2.73. The van der Waals surface area contributed by atoms with Gasteiger partial charge >= 0.3 is 11.9 Å². The predicted molar refractivity (Wildman–Crippen MR) is 113 cm³/mol. The van der Waals surface area contributed by atoms with Gasteiger partial charge in [-0.05, 0) is 65.2 Å². The molecule has 2 saturated carbocycles. The van der Waals surface area contributed by atoms with Crippen LogP contribution >= 0.6 is 0 Å². The molecule has 0 spiro atoms. The fourth-order valence-electron chi connectivity index (χ4n) is 4.78. The van der Waals surface area contributed by atoms with Crippen LogP contribution in [0.2, 0.25) is 0 Å². The van der Waals surface area contributed by atoms with Gasteiger partial charge in [-0.1, -0.05) is 25.0 Å². The first-order valence-electron chi connectivity index (χ1n) is 11.5. The van der Waals surface area contributed by atoms with E-state index in [4.69, 9.17) is 9.47 Å². The summed E-state index contributed by atoms with van der Waals surface area (Å²) >= 11 is 0. The van der Waals surface area contributed by atoms with Crippen LogP contribution in [0.5, 0.6) is 0 Å². The third-order valence-electron chi connectivity index (χ3n) is 6.56. The van der Waals surface area contributed by atoms with Crippen molar-refractivity contribution in [2.75, 3.05) is 13.2 Å². The molecule has 0 radical (unpaired) electrons. The number of rotatable bonds is 10. The summed E-state index contributed by atoms with van der Waals surface area (Å²) < 4.78 is 10.4. The minimum Gasteiger partial charge on any atom is -0.465 e. The number of hydrogen-bond donors (Lipinski definition) is 0. The Labute approximate surface area is 179 Å². The highest BCUT2D eigenvalue weighted by atomic mass is 16.5. The van der Waals surface area contributed by atoms with E-state index in [2.05, 4.69) is 0 Å². The number of allylic oxidation sites excluding steroid dienone is 2. The van der Waals surface area contributed by atoms with Crippen molar-refractivity contribution in [3.63, 3.8) is 0 Å². The van der Waals surface area contributed by atoms with E-state index in [9.17, 15) is 19.2 Å². The average molecular weight is 421 g/mol. The molecule has 2 fully saturated rings. The fraction of sp³-hybridized carbons (Fsp3) is 0.750. The lowest BCUT2D eigenvalue weighted by Crippen LogP contribution is -2.43. The largest absolute Gasteiger partial charge is 0.465 e. The number of esters is 2. The smallest absolute Gasteiger partial charge is 0.319 e. The standard InChI is InChI=1S/C24H36O6/c1-3-29-21(27)23(17-11-7-13-19(23)25)15-9-5-6-10-16-24(22(28)30-4-2)18-12-8-14-20(24)26/h5-6H,3-4,7-18H2,1-2H3/b6-5+. The zero-order valence-electron chi connectivity index (χ0n) is 18.5. The Kier molecular flexibility index (Phi) is 9.25. The van der Waals surface area contributed by atoms with Crippen LogP contribution in [0.3, 0.4) is 0 Å². The first-order chi connectivity index (χ1) is 14.4. The van der Waals surface area contributed by atoms with Crippen LogP contribution in [-0.2, 0) is 28.7 Å². The SMILES string of the molecule is CCOC(=O)C1(CC/C=C/CCC2(C(=O)OCC)CCCCC2=O)CCCCC1=O. The van der Waals surface area contributed by atoms with Crippen molar-refractivity contribution < 1.29 is 28.7 Å². The second-order valence-electron chi connectivity index (χ2n) is 8.41. The van der Waals surface area contributed by atoms with E-state index < -0.39 is 22.8 Å². The van der Waals surface area contributed by atoms with E-state index in [1.807, 2.05) is 12.2 Å². The molecule has 0 amide bonds. The Morgan fingerprint density at radius 1 is 0.767 bits per heavy atom. The Balaban J connectivity index is 1.95. The van der Waals surface area contributed by atoms with Gasteiger partial charge in [-0.2, -0.15) is 0 Å². The molecule has 0 aromatic rings. The highest BCUT2D eigenvalue weighted by Gasteiger charge is 2.48. The van der Waals surface area contributed by atoms with E-state index in [1.54, 1.807) is 13.8 Å². The summed E-state index contributed by atoms with van der Waals surface area (Å²) in [6.07, 6.45) is 11.3. The van der Waals surface area contributed by atoms with Gasteiger partial charge in [-0.25, -0.2) is 0 Å². The molecule has 0 aromatic heterocycles. The molecule has 0 N–H and O–H groups in total. The van der Waals surface area contributed by atoms with Crippen molar-refractivity contribution in [3.8, 4) is 0 Å². The monoisotopic (exact) mass is 420 g/mol. The highest BCUT2D eigenvalue weighted by molar-refractivity contribution is 6.04. The molecular formula is C24H36O6. The second kappa shape index (κ2) is 11.4. The van der Waals surface area contributed by atoms with Crippen LogP contribution in [-0.4, -0.2) is 36.7 Å². The number of ether oxygens (including phenoxy) is 2. The van der Waals surface area contributed by atoms with Gasteiger partial charge < -0.3 is 9.47 Å². The lowest BCUT2D eigenvalue weighted by molar-refractivity contribution is -0.164. The number of ketones is 2. The summed E-state index contributed by atoms with van der Waals surface area (Å²) in [4.78, 5) is 50.2. The first kappa shape index (κ1) is 24.3. The van der Waals surface area contributed by atoms with Crippen molar-refractivity contribution in [3.05, 3.63) is 12.2 Å². The van der Waals surface area contributed by atoms with Gasteiger partial charge in [0.2, 0.25) is 0 Å². The molecule has 2 aliphatic rings. The molecule has 0 bridgehead atoms. The quantitative estimate of drug-likeness (QED) is 0.294. The topological polar surface area (TPSA) is 86.7 Å². The predicted octanol–water partition coefficient (Wildman–Crippen LogP) is 4.49. The summed E-state index contributed by atoms with van der Waals surface area (Å²) in [5.74, 6) is -0.793. The van der Waals surface area contributed by atoms with Crippen LogP contribution in [0.4, 0.5) is 0 Å². The number of Topliss-reactive ketones (excluding diaryl/α,β-unsaturated/α-hetero) is 2. The minimum atomic E-state index is -1.01. The van der Waals surface area contributed by atoms with Crippen molar-refractivity contribution in [2.24, 2.45) is 10.8 Å². The van der Waals surface area contributed by atoms with Crippen LogP contribution < -0.4 is 0 Å². The minimum absolute atomic E-state index is 0.00494. The molecule has 2 rings (SSSR count). The van der Waals surface area contributed by atoms with E-state index in [0.29, 0.717) is 51.4 Å². The Bertz CT molecular complexity index is 611.